The molecule has 2 N–H and O–H groups in total. The summed E-state index contributed by atoms with van der Waals surface area (Å²) in [6, 6.07) is 18.1. The fourth-order valence-corrected chi connectivity index (χ4v) is 4.31. The highest BCUT2D eigenvalue weighted by atomic mass is 32.1. The maximum Gasteiger partial charge on any atom is 0.202 e. The van der Waals surface area contributed by atoms with Crippen molar-refractivity contribution in [2.45, 2.75) is 50.7 Å². The van der Waals surface area contributed by atoms with E-state index in [9.17, 15) is 4.39 Å². The molecule has 0 amide bonds. The Bertz CT molecular complexity index is 858. The fourth-order valence-electron chi connectivity index (χ4n) is 3.64. The van der Waals surface area contributed by atoms with Gasteiger partial charge in [0.05, 0.1) is 0 Å². The number of rotatable bonds is 7. The number of aromatic nitrogens is 2. The van der Waals surface area contributed by atoms with E-state index in [-0.39, 0.29) is 5.82 Å². The average Bonchev–Trinajstić information content (AvgIpc) is 3.17. The molecule has 0 spiro atoms. The van der Waals surface area contributed by atoms with E-state index in [1.54, 1.807) is 12.1 Å². The van der Waals surface area contributed by atoms with Gasteiger partial charge in [0, 0.05) is 36.6 Å². The van der Waals surface area contributed by atoms with Crippen LogP contribution in [0.25, 0.3) is 0 Å². The molecule has 1 aliphatic carbocycles. The second kappa shape index (κ2) is 9.26. The Kier molecular flexibility index (Phi) is 6.29. The Hall–Kier alpha value is -2.31. The maximum atomic E-state index is 13.0. The van der Waals surface area contributed by atoms with Crippen LogP contribution in [0.5, 0.6) is 0 Å². The number of nitrogens with zero attached hydrogens (tertiary/aromatic N) is 2. The zero-order valence-electron chi connectivity index (χ0n) is 15.8. The van der Waals surface area contributed by atoms with Crippen molar-refractivity contribution in [2.75, 3.05) is 5.32 Å². The van der Waals surface area contributed by atoms with Crippen LogP contribution in [0.1, 0.15) is 42.6 Å². The largest absolute Gasteiger partial charge is 0.358 e. The van der Waals surface area contributed by atoms with E-state index < -0.39 is 0 Å². The highest BCUT2D eigenvalue weighted by Gasteiger charge is 2.21. The predicted molar refractivity (Wildman–Crippen MR) is 112 cm³/mol. The fraction of sp³-hybridized carbons (Fsp3) is 0.364. The highest BCUT2D eigenvalue weighted by Crippen LogP contribution is 2.24. The van der Waals surface area contributed by atoms with Crippen LogP contribution in [0.4, 0.5) is 9.52 Å². The van der Waals surface area contributed by atoms with Crippen LogP contribution < -0.4 is 10.6 Å². The smallest absolute Gasteiger partial charge is 0.202 e. The SMILES string of the molecule is Fc1ccc(Cc2nsc(NC3CCC(NCc4ccccc4)CC3)n2)cc1. The monoisotopic (exact) mass is 396 g/mol. The lowest BCUT2D eigenvalue weighted by atomic mass is 9.91. The van der Waals surface area contributed by atoms with Crippen molar-refractivity contribution in [1.29, 1.82) is 0 Å². The van der Waals surface area contributed by atoms with Crippen molar-refractivity contribution in [1.82, 2.24) is 14.7 Å². The summed E-state index contributed by atoms with van der Waals surface area (Å²) >= 11 is 1.41. The second-order valence-corrected chi connectivity index (χ2v) is 8.13. The van der Waals surface area contributed by atoms with Crippen molar-refractivity contribution in [3.63, 3.8) is 0 Å². The first-order valence-electron chi connectivity index (χ1n) is 9.85. The molecule has 0 unspecified atom stereocenters. The summed E-state index contributed by atoms with van der Waals surface area (Å²) in [6.45, 7) is 0.937. The van der Waals surface area contributed by atoms with E-state index in [4.69, 9.17) is 0 Å². The van der Waals surface area contributed by atoms with Gasteiger partial charge in [0.15, 0.2) is 0 Å². The summed E-state index contributed by atoms with van der Waals surface area (Å²) in [7, 11) is 0. The molecule has 0 aliphatic heterocycles. The van der Waals surface area contributed by atoms with Crippen LogP contribution in [-0.4, -0.2) is 21.4 Å². The lowest BCUT2D eigenvalue weighted by Crippen LogP contribution is -2.36. The number of nitrogens with one attached hydrogen (secondary N) is 2. The molecule has 1 heterocycles. The van der Waals surface area contributed by atoms with Crippen molar-refractivity contribution in [3.05, 3.63) is 77.4 Å². The molecule has 4 nitrogen and oxygen atoms in total. The second-order valence-electron chi connectivity index (χ2n) is 7.38. The molecule has 3 aromatic rings. The molecule has 0 saturated heterocycles. The quantitative estimate of drug-likeness (QED) is 0.603. The number of anilines is 1. The van der Waals surface area contributed by atoms with Crippen LogP contribution >= 0.6 is 11.5 Å². The van der Waals surface area contributed by atoms with Crippen LogP contribution in [0.15, 0.2) is 54.6 Å². The molecular weight excluding hydrogens is 371 g/mol. The molecule has 0 bridgehead atoms. The molecular formula is C22H25FN4S. The Morgan fingerprint density at radius 1 is 0.893 bits per heavy atom. The lowest BCUT2D eigenvalue weighted by molar-refractivity contribution is 0.353. The van der Waals surface area contributed by atoms with Crippen molar-refractivity contribution >= 4 is 16.7 Å². The molecule has 0 atom stereocenters. The average molecular weight is 397 g/mol. The number of halogens is 1. The van der Waals surface area contributed by atoms with Gasteiger partial charge in [0.2, 0.25) is 5.13 Å². The minimum Gasteiger partial charge on any atom is -0.358 e. The normalized spacial score (nSPS) is 19.5. The van der Waals surface area contributed by atoms with E-state index in [0.717, 1.165) is 35.9 Å². The van der Waals surface area contributed by atoms with E-state index in [0.29, 0.717) is 18.5 Å². The number of hydrogen-bond donors (Lipinski definition) is 2. The Labute approximate surface area is 169 Å². The molecule has 4 rings (SSSR count). The van der Waals surface area contributed by atoms with E-state index >= 15 is 0 Å². The lowest BCUT2D eigenvalue weighted by Gasteiger charge is -2.29. The third-order valence-electron chi connectivity index (χ3n) is 5.24. The maximum absolute atomic E-state index is 13.0. The minimum absolute atomic E-state index is 0.216. The summed E-state index contributed by atoms with van der Waals surface area (Å²) in [5.74, 6) is 0.573. The topological polar surface area (TPSA) is 49.8 Å². The highest BCUT2D eigenvalue weighted by molar-refractivity contribution is 7.09. The summed E-state index contributed by atoms with van der Waals surface area (Å²) in [4.78, 5) is 4.60. The first kappa shape index (κ1) is 19.0. The molecule has 1 aliphatic rings. The van der Waals surface area contributed by atoms with Crippen LogP contribution in [-0.2, 0) is 13.0 Å². The molecule has 1 saturated carbocycles. The van der Waals surface area contributed by atoms with Crippen molar-refractivity contribution < 1.29 is 4.39 Å². The zero-order chi connectivity index (χ0) is 19.2. The molecule has 6 heteroatoms. The number of benzene rings is 2. The first-order valence-corrected chi connectivity index (χ1v) is 10.6. The van der Waals surface area contributed by atoms with E-state index in [2.05, 4.69) is 50.3 Å². The predicted octanol–water partition coefficient (Wildman–Crippen LogP) is 4.78. The van der Waals surface area contributed by atoms with Gasteiger partial charge in [-0.3, -0.25) is 0 Å². The summed E-state index contributed by atoms with van der Waals surface area (Å²) in [6.07, 6.45) is 5.25. The molecule has 28 heavy (non-hydrogen) atoms. The Morgan fingerprint density at radius 2 is 1.61 bits per heavy atom. The zero-order valence-corrected chi connectivity index (χ0v) is 16.6. The summed E-state index contributed by atoms with van der Waals surface area (Å²) in [5.41, 5.74) is 2.36. The van der Waals surface area contributed by atoms with Gasteiger partial charge in [-0.05, 0) is 48.9 Å². The third-order valence-corrected chi connectivity index (χ3v) is 5.92. The van der Waals surface area contributed by atoms with Crippen LogP contribution in [0, 0.1) is 5.82 Å². The van der Waals surface area contributed by atoms with Crippen LogP contribution in [0.3, 0.4) is 0 Å². The van der Waals surface area contributed by atoms with E-state index in [1.807, 2.05) is 0 Å². The van der Waals surface area contributed by atoms with Gasteiger partial charge in [-0.15, -0.1) is 0 Å². The summed E-state index contributed by atoms with van der Waals surface area (Å²) < 4.78 is 17.4. The third kappa shape index (κ3) is 5.36. The van der Waals surface area contributed by atoms with Crippen LogP contribution in [0.2, 0.25) is 0 Å². The Morgan fingerprint density at radius 3 is 2.36 bits per heavy atom. The van der Waals surface area contributed by atoms with Gasteiger partial charge >= 0.3 is 0 Å². The van der Waals surface area contributed by atoms with Gasteiger partial charge in [0.25, 0.3) is 0 Å². The minimum atomic E-state index is -0.216. The van der Waals surface area contributed by atoms with Crippen molar-refractivity contribution in [3.8, 4) is 0 Å². The van der Waals surface area contributed by atoms with Gasteiger partial charge < -0.3 is 10.6 Å². The van der Waals surface area contributed by atoms with Gasteiger partial charge in [0.1, 0.15) is 11.6 Å². The van der Waals surface area contributed by atoms with Gasteiger partial charge in [-0.1, -0.05) is 42.5 Å². The number of hydrogen-bond acceptors (Lipinski definition) is 5. The molecule has 0 radical (unpaired) electrons. The molecule has 1 aromatic heterocycles. The van der Waals surface area contributed by atoms with Crippen molar-refractivity contribution in [2.24, 2.45) is 0 Å². The molecule has 1 fully saturated rings. The van der Waals surface area contributed by atoms with Gasteiger partial charge in [-0.25, -0.2) is 9.37 Å². The van der Waals surface area contributed by atoms with Gasteiger partial charge in [-0.2, -0.15) is 4.37 Å². The first-order chi connectivity index (χ1) is 13.7. The molecule has 146 valence electrons. The standard InChI is InChI=1S/C22H25FN4S/c23-18-8-6-16(7-9-18)14-21-26-22(28-27-21)25-20-12-10-19(11-13-20)24-15-17-4-2-1-3-5-17/h1-9,19-20,24H,10-15H2,(H,25,26,27). The Balaban J connectivity index is 1.21. The summed E-state index contributed by atoms with van der Waals surface area (Å²) in [5, 5.41) is 8.11. The molecule has 2 aromatic carbocycles. The van der Waals surface area contributed by atoms with E-state index in [1.165, 1.54) is 42.1 Å².